The minimum Gasteiger partial charge on any atom is -0.496 e. The van der Waals surface area contributed by atoms with Gasteiger partial charge in [-0.25, -0.2) is 0 Å². The Morgan fingerprint density at radius 2 is 1.71 bits per heavy atom. The number of benzene rings is 2. The number of carbonyl (C=O) groups excluding carboxylic acids is 1. The van der Waals surface area contributed by atoms with Gasteiger partial charge in [0, 0.05) is 31.1 Å². The van der Waals surface area contributed by atoms with Crippen molar-refractivity contribution in [1.82, 2.24) is 15.0 Å². The summed E-state index contributed by atoms with van der Waals surface area (Å²) in [5.74, 6) is 3.40. The van der Waals surface area contributed by atoms with Crippen LogP contribution in [0, 0.1) is 0 Å². The second-order valence-corrected chi connectivity index (χ2v) is 7.77. The van der Waals surface area contributed by atoms with Gasteiger partial charge in [-0.2, -0.15) is 4.98 Å². The van der Waals surface area contributed by atoms with Crippen molar-refractivity contribution in [3.63, 3.8) is 0 Å². The van der Waals surface area contributed by atoms with Crippen LogP contribution in [0.25, 0.3) is 6.08 Å². The van der Waals surface area contributed by atoms with Crippen LogP contribution in [0.15, 0.2) is 47.0 Å². The molecule has 2 aromatic carbocycles. The second-order valence-electron chi connectivity index (χ2n) is 7.77. The largest absolute Gasteiger partial charge is 0.496 e. The number of rotatable bonds is 9. The van der Waals surface area contributed by atoms with Crippen molar-refractivity contribution in [2.45, 2.75) is 12.3 Å². The van der Waals surface area contributed by atoms with Crippen LogP contribution in [-0.2, 0) is 11.2 Å². The minimum atomic E-state index is -0.0984. The summed E-state index contributed by atoms with van der Waals surface area (Å²) in [6.45, 7) is 1.05. The van der Waals surface area contributed by atoms with E-state index in [9.17, 15) is 4.79 Å². The Labute approximate surface area is 197 Å². The molecule has 0 unspecified atom stereocenters. The summed E-state index contributed by atoms with van der Waals surface area (Å²) in [5, 5.41) is 4.09. The highest BCUT2D eigenvalue weighted by Crippen LogP contribution is 2.38. The molecular weight excluding hydrogens is 438 g/mol. The van der Waals surface area contributed by atoms with Crippen molar-refractivity contribution < 1.29 is 28.3 Å². The van der Waals surface area contributed by atoms with E-state index >= 15 is 0 Å². The molecule has 0 bridgehead atoms. The molecule has 1 aromatic heterocycles. The SMILES string of the molecule is COc1ccccc1Cc1noc(C2CN(C(=O)/C=C/c3cc(OC)c(OC)c(OC)c3)C2)n1. The molecule has 9 heteroatoms. The normalized spacial score (nSPS) is 13.6. The fourth-order valence-corrected chi connectivity index (χ4v) is 3.81. The molecule has 0 saturated carbocycles. The van der Waals surface area contributed by atoms with Crippen LogP contribution in [0.2, 0.25) is 0 Å². The lowest BCUT2D eigenvalue weighted by molar-refractivity contribution is -0.130. The first kappa shape index (κ1) is 23.2. The van der Waals surface area contributed by atoms with E-state index in [1.165, 1.54) is 6.08 Å². The van der Waals surface area contributed by atoms with Gasteiger partial charge in [-0.3, -0.25) is 4.79 Å². The third-order valence-corrected chi connectivity index (χ3v) is 5.67. The zero-order chi connectivity index (χ0) is 24.1. The van der Waals surface area contributed by atoms with Gasteiger partial charge in [-0.1, -0.05) is 23.4 Å². The summed E-state index contributed by atoms with van der Waals surface area (Å²) in [4.78, 5) is 18.8. The molecule has 9 nitrogen and oxygen atoms in total. The van der Waals surface area contributed by atoms with Gasteiger partial charge < -0.3 is 28.4 Å². The number of hydrogen-bond acceptors (Lipinski definition) is 8. The van der Waals surface area contributed by atoms with Crippen molar-refractivity contribution in [3.8, 4) is 23.0 Å². The lowest BCUT2D eigenvalue weighted by Crippen LogP contribution is -2.47. The highest BCUT2D eigenvalue weighted by Gasteiger charge is 2.34. The molecule has 3 aromatic rings. The van der Waals surface area contributed by atoms with Crippen LogP contribution in [0.3, 0.4) is 0 Å². The maximum Gasteiger partial charge on any atom is 0.246 e. The van der Waals surface area contributed by atoms with Gasteiger partial charge in [0.2, 0.25) is 17.5 Å². The van der Waals surface area contributed by atoms with Gasteiger partial charge in [-0.05, 0) is 29.8 Å². The quantitative estimate of drug-likeness (QED) is 0.444. The number of aromatic nitrogens is 2. The smallest absolute Gasteiger partial charge is 0.246 e. The van der Waals surface area contributed by atoms with Crippen LogP contribution in [0.4, 0.5) is 0 Å². The topological polar surface area (TPSA) is 96.2 Å². The third-order valence-electron chi connectivity index (χ3n) is 5.67. The van der Waals surface area contributed by atoms with Crippen LogP contribution >= 0.6 is 0 Å². The summed E-state index contributed by atoms with van der Waals surface area (Å²) in [7, 11) is 6.28. The first-order valence-corrected chi connectivity index (χ1v) is 10.8. The Morgan fingerprint density at radius 1 is 1.03 bits per heavy atom. The molecule has 2 heterocycles. The Kier molecular flexibility index (Phi) is 7.01. The van der Waals surface area contributed by atoms with Gasteiger partial charge in [0.1, 0.15) is 5.75 Å². The number of nitrogens with zero attached hydrogens (tertiary/aromatic N) is 3. The number of ether oxygens (including phenoxy) is 4. The minimum absolute atomic E-state index is 0.0254. The Balaban J connectivity index is 1.35. The van der Waals surface area contributed by atoms with Crippen molar-refractivity contribution in [1.29, 1.82) is 0 Å². The number of likely N-dealkylation sites (tertiary alicyclic amines) is 1. The average molecular weight is 466 g/mol. The van der Waals surface area contributed by atoms with Gasteiger partial charge in [0.05, 0.1) is 34.4 Å². The summed E-state index contributed by atoms with van der Waals surface area (Å²) in [5.41, 5.74) is 1.75. The number of carbonyl (C=O) groups is 1. The van der Waals surface area contributed by atoms with E-state index in [4.69, 9.17) is 23.5 Å². The standard InChI is InChI=1S/C25H27N3O6/c1-30-19-8-6-5-7-17(19)13-22-26-25(34-27-22)18-14-28(15-18)23(29)10-9-16-11-20(31-2)24(33-4)21(12-16)32-3/h5-12,18H,13-15H2,1-4H3/b10-9+. The van der Waals surface area contributed by atoms with Crippen molar-refractivity contribution in [2.24, 2.45) is 0 Å². The summed E-state index contributed by atoms with van der Waals surface area (Å²) >= 11 is 0. The molecule has 4 rings (SSSR count). The molecule has 1 aliphatic rings. The average Bonchev–Trinajstić information content (AvgIpc) is 3.29. The molecule has 34 heavy (non-hydrogen) atoms. The van der Waals surface area contributed by atoms with Crippen LogP contribution in [0.5, 0.6) is 23.0 Å². The van der Waals surface area contributed by atoms with E-state index in [0.717, 1.165) is 16.9 Å². The highest BCUT2D eigenvalue weighted by atomic mass is 16.5. The van der Waals surface area contributed by atoms with Crippen LogP contribution in [-0.4, -0.2) is 62.5 Å². The number of hydrogen-bond donors (Lipinski definition) is 0. The maximum atomic E-state index is 12.6. The third kappa shape index (κ3) is 4.83. The molecule has 0 radical (unpaired) electrons. The van der Waals surface area contributed by atoms with Crippen molar-refractivity contribution in [3.05, 3.63) is 65.3 Å². The first-order chi connectivity index (χ1) is 16.6. The van der Waals surface area contributed by atoms with E-state index in [1.807, 2.05) is 24.3 Å². The Bertz CT molecular complexity index is 1160. The van der Waals surface area contributed by atoms with Gasteiger partial charge in [0.15, 0.2) is 17.3 Å². The fourth-order valence-electron chi connectivity index (χ4n) is 3.81. The molecular formula is C25H27N3O6. The molecule has 1 saturated heterocycles. The lowest BCUT2D eigenvalue weighted by atomic mass is 10.00. The van der Waals surface area contributed by atoms with E-state index in [-0.39, 0.29) is 11.8 Å². The summed E-state index contributed by atoms with van der Waals surface area (Å²) in [6.07, 6.45) is 3.76. The van der Waals surface area contributed by atoms with Crippen molar-refractivity contribution in [2.75, 3.05) is 41.5 Å². The predicted octanol–water partition coefficient (Wildman–Crippen LogP) is 3.33. The molecule has 0 aliphatic carbocycles. The van der Waals surface area contributed by atoms with Crippen LogP contribution < -0.4 is 18.9 Å². The van der Waals surface area contributed by atoms with Crippen LogP contribution in [0.1, 0.15) is 28.8 Å². The molecule has 0 atom stereocenters. The van der Waals surface area contributed by atoms with E-state index < -0.39 is 0 Å². The highest BCUT2D eigenvalue weighted by molar-refractivity contribution is 5.92. The maximum absolute atomic E-state index is 12.6. The lowest BCUT2D eigenvalue weighted by Gasteiger charge is -2.36. The Hall–Kier alpha value is -4.01. The predicted molar refractivity (Wildman–Crippen MR) is 125 cm³/mol. The number of para-hydroxylation sites is 1. The van der Waals surface area contributed by atoms with Gasteiger partial charge >= 0.3 is 0 Å². The molecule has 1 aliphatic heterocycles. The first-order valence-electron chi connectivity index (χ1n) is 10.8. The van der Waals surface area contributed by atoms with E-state index in [1.54, 1.807) is 51.5 Å². The zero-order valence-electron chi connectivity index (χ0n) is 19.6. The Morgan fingerprint density at radius 3 is 2.35 bits per heavy atom. The van der Waals surface area contributed by atoms with Gasteiger partial charge in [0.25, 0.3) is 0 Å². The molecule has 1 fully saturated rings. The van der Waals surface area contributed by atoms with Crippen molar-refractivity contribution >= 4 is 12.0 Å². The zero-order valence-corrected chi connectivity index (χ0v) is 19.6. The number of methoxy groups -OCH3 is 4. The van der Waals surface area contributed by atoms with Gasteiger partial charge in [-0.15, -0.1) is 0 Å². The summed E-state index contributed by atoms with van der Waals surface area (Å²) in [6, 6.07) is 11.3. The summed E-state index contributed by atoms with van der Waals surface area (Å²) < 4.78 is 26.9. The van der Waals surface area contributed by atoms with E-state index in [0.29, 0.717) is 48.5 Å². The molecule has 0 spiro atoms. The monoisotopic (exact) mass is 465 g/mol. The number of amides is 1. The molecule has 0 N–H and O–H groups in total. The fraction of sp³-hybridized carbons (Fsp3) is 0.320. The molecule has 178 valence electrons. The molecule has 1 amide bonds. The van der Waals surface area contributed by atoms with E-state index in [2.05, 4.69) is 10.1 Å². The second kappa shape index (κ2) is 10.3.